The Bertz CT molecular complexity index is 92.0. The number of ether oxygens (including phenoxy) is 1. The third-order valence-corrected chi connectivity index (χ3v) is 0.287. The zero-order valence-corrected chi connectivity index (χ0v) is 4.22. The zero-order valence-electron chi connectivity index (χ0n) is 4.22. The van der Waals surface area contributed by atoms with Crippen molar-refractivity contribution < 1.29 is 14.3 Å². The van der Waals surface area contributed by atoms with Crippen LogP contribution in [-0.4, -0.2) is 95.2 Å². The van der Waals surface area contributed by atoms with E-state index in [2.05, 4.69) is 4.74 Å². The Morgan fingerprint density at radius 3 is 1.33 bits per heavy atom. The van der Waals surface area contributed by atoms with E-state index in [-0.39, 0.29) is 83.2 Å². The number of carbonyl (C=O) groups is 2. The average Bonchev–Trinajstić information content (AvgIpc) is 1.27. The number of esters is 2. The second kappa shape index (κ2) is 9.88. The molecule has 0 rings (SSSR count). The molecule has 0 aromatic carbocycles. The fraction of sp³-hybridized carbons (Fsp3) is 0.500. The number of carbonyl (C=O) groups excluding carboxylic acids is 2. The molecule has 0 bridgehead atoms. The van der Waals surface area contributed by atoms with Crippen LogP contribution in [0.4, 0.5) is 0 Å². The number of rotatable bonds is 0. The number of hydrogen-bond donors (Lipinski definition) is 0. The summed E-state index contributed by atoms with van der Waals surface area (Å²) in [7, 11) is 0. The summed E-state index contributed by atoms with van der Waals surface area (Å²) < 4.78 is 3.97. The van der Waals surface area contributed by atoms with Gasteiger partial charge in [0.25, 0.3) is 0 Å². The summed E-state index contributed by atoms with van der Waals surface area (Å²) in [6.45, 7) is 2.36. The summed E-state index contributed by atoms with van der Waals surface area (Å²) in [5.74, 6) is -1.12. The molecule has 0 aromatic rings. The van der Waals surface area contributed by atoms with E-state index in [4.69, 9.17) is 0 Å². The van der Waals surface area contributed by atoms with Crippen molar-refractivity contribution in [1.29, 1.82) is 0 Å². The standard InChI is InChI=1S/C4H6O3.Ca.Sr.4H/c1-3(5)7-4(2)6;;;;;;/h1-2H3;;;;;;. The summed E-state index contributed by atoms with van der Waals surface area (Å²) in [5, 5.41) is 0. The van der Waals surface area contributed by atoms with Gasteiger partial charge < -0.3 is 4.74 Å². The molecule has 0 saturated heterocycles. The van der Waals surface area contributed by atoms with Gasteiger partial charge in [0.15, 0.2) is 0 Å². The van der Waals surface area contributed by atoms with Crippen molar-refractivity contribution in [3.05, 3.63) is 0 Å². The minimum atomic E-state index is -0.562. The van der Waals surface area contributed by atoms with Gasteiger partial charge in [-0.25, -0.2) is 0 Å². The van der Waals surface area contributed by atoms with Crippen LogP contribution in [0.2, 0.25) is 0 Å². The fourth-order valence-electron chi connectivity index (χ4n) is 0.202. The van der Waals surface area contributed by atoms with Crippen LogP contribution in [0.15, 0.2) is 0 Å². The molecule has 9 heavy (non-hydrogen) atoms. The summed E-state index contributed by atoms with van der Waals surface area (Å²) in [6, 6.07) is 0. The van der Waals surface area contributed by atoms with Gasteiger partial charge in [0.2, 0.25) is 0 Å². The average molecular weight is 234 g/mol. The SMILES string of the molecule is CC(=O)OC(C)=O.[CaH2].[SrH2]. The Morgan fingerprint density at radius 2 is 1.33 bits per heavy atom. The first-order chi connectivity index (χ1) is 3.13. The fourth-order valence-corrected chi connectivity index (χ4v) is 0.202. The van der Waals surface area contributed by atoms with E-state index in [1.165, 1.54) is 13.8 Å². The quantitative estimate of drug-likeness (QED) is 0.284. The van der Waals surface area contributed by atoms with E-state index in [1.807, 2.05) is 0 Å². The van der Waals surface area contributed by atoms with Gasteiger partial charge in [-0.1, -0.05) is 0 Å². The summed E-state index contributed by atoms with van der Waals surface area (Å²) >= 11 is 0. The molecular formula is C4H10CaO3Sr. The Labute approximate surface area is 121 Å². The second-order valence-electron chi connectivity index (χ2n) is 1.09. The third-order valence-electron chi connectivity index (χ3n) is 0.287. The molecule has 0 unspecified atom stereocenters. The Hall–Kier alpha value is 1.88. The summed E-state index contributed by atoms with van der Waals surface area (Å²) in [4.78, 5) is 19.6. The van der Waals surface area contributed by atoms with Gasteiger partial charge in [-0.15, -0.1) is 0 Å². The first-order valence-corrected chi connectivity index (χ1v) is 1.82. The zero-order chi connectivity index (χ0) is 5.86. The second-order valence-corrected chi connectivity index (χ2v) is 1.09. The molecule has 48 valence electrons. The predicted octanol–water partition coefficient (Wildman–Crippen LogP) is -1.74. The van der Waals surface area contributed by atoms with Crippen molar-refractivity contribution in [2.75, 3.05) is 0 Å². The molecule has 0 fully saturated rings. The van der Waals surface area contributed by atoms with Crippen molar-refractivity contribution in [2.24, 2.45) is 0 Å². The monoisotopic (exact) mass is 234 g/mol. The number of hydrogen-bond acceptors (Lipinski definition) is 3. The molecule has 3 nitrogen and oxygen atoms in total. The van der Waals surface area contributed by atoms with Crippen molar-refractivity contribution >= 4 is 95.2 Å². The van der Waals surface area contributed by atoms with Crippen LogP contribution in [0.5, 0.6) is 0 Å². The van der Waals surface area contributed by atoms with Gasteiger partial charge >= 0.3 is 95.2 Å². The molecule has 0 atom stereocenters. The van der Waals surface area contributed by atoms with Gasteiger partial charge in [-0.3, -0.25) is 9.59 Å². The molecule has 0 amide bonds. The molecule has 0 aliphatic rings. The Morgan fingerprint density at radius 1 is 1.11 bits per heavy atom. The van der Waals surface area contributed by atoms with Gasteiger partial charge in [-0.2, -0.15) is 0 Å². The topological polar surface area (TPSA) is 43.4 Å². The van der Waals surface area contributed by atoms with Crippen LogP contribution in [0.3, 0.4) is 0 Å². The van der Waals surface area contributed by atoms with Crippen LogP contribution < -0.4 is 0 Å². The molecular weight excluding hydrogens is 224 g/mol. The van der Waals surface area contributed by atoms with E-state index in [1.54, 1.807) is 0 Å². The van der Waals surface area contributed by atoms with Gasteiger partial charge in [-0.05, 0) is 0 Å². The van der Waals surface area contributed by atoms with Gasteiger partial charge in [0.1, 0.15) is 0 Å². The van der Waals surface area contributed by atoms with Gasteiger partial charge in [0.05, 0.1) is 0 Å². The van der Waals surface area contributed by atoms with Gasteiger partial charge in [0, 0.05) is 13.8 Å². The van der Waals surface area contributed by atoms with E-state index >= 15 is 0 Å². The molecule has 0 saturated carbocycles. The first-order valence-electron chi connectivity index (χ1n) is 1.82. The van der Waals surface area contributed by atoms with Crippen molar-refractivity contribution in [2.45, 2.75) is 13.8 Å². The molecule has 0 aliphatic carbocycles. The maximum absolute atomic E-state index is 9.81. The van der Waals surface area contributed by atoms with Crippen molar-refractivity contribution in [3.63, 3.8) is 0 Å². The summed E-state index contributed by atoms with van der Waals surface area (Å²) in [5.41, 5.74) is 0. The first kappa shape index (κ1) is 17.1. The van der Waals surface area contributed by atoms with Crippen molar-refractivity contribution in [3.8, 4) is 0 Å². The normalized spacial score (nSPS) is 6.00. The maximum atomic E-state index is 9.81. The molecule has 0 spiro atoms. The van der Waals surface area contributed by atoms with E-state index in [0.29, 0.717) is 0 Å². The molecule has 0 aliphatic heterocycles. The predicted molar refractivity (Wildman–Crippen MR) is 39.5 cm³/mol. The third kappa shape index (κ3) is 17.7. The van der Waals surface area contributed by atoms with E-state index in [9.17, 15) is 9.59 Å². The van der Waals surface area contributed by atoms with Crippen LogP contribution in [0, 0.1) is 0 Å². The van der Waals surface area contributed by atoms with E-state index in [0.717, 1.165) is 0 Å². The van der Waals surface area contributed by atoms with Crippen LogP contribution in [0.1, 0.15) is 13.8 Å². The van der Waals surface area contributed by atoms with Crippen LogP contribution in [-0.2, 0) is 14.3 Å². The molecule has 5 heteroatoms. The Kier molecular flexibility index (Phi) is 18.8. The van der Waals surface area contributed by atoms with Crippen molar-refractivity contribution in [1.82, 2.24) is 0 Å². The molecule has 0 aromatic heterocycles. The van der Waals surface area contributed by atoms with E-state index < -0.39 is 11.9 Å². The molecule has 0 N–H and O–H groups in total. The Balaban J connectivity index is -0.000000180. The van der Waals surface area contributed by atoms with Crippen LogP contribution in [0.25, 0.3) is 0 Å². The molecule has 0 heterocycles. The summed E-state index contributed by atoms with van der Waals surface area (Å²) in [6.07, 6.45) is 0. The molecule has 0 radical (unpaired) electrons. The van der Waals surface area contributed by atoms with Crippen LogP contribution >= 0.6 is 0 Å². The minimum absolute atomic E-state index is 0.